The topological polar surface area (TPSA) is 55.9 Å². The summed E-state index contributed by atoms with van der Waals surface area (Å²) >= 11 is 0. The molecule has 0 saturated carbocycles. The van der Waals surface area contributed by atoms with E-state index in [0.717, 1.165) is 29.3 Å². The summed E-state index contributed by atoms with van der Waals surface area (Å²) in [6.07, 6.45) is 4.24. The van der Waals surface area contributed by atoms with Crippen LogP contribution in [-0.4, -0.2) is 15.0 Å². The minimum absolute atomic E-state index is 0.680. The van der Waals surface area contributed by atoms with Crippen molar-refractivity contribution in [3.05, 3.63) is 60.3 Å². The molecule has 0 unspecified atom stereocenters. The summed E-state index contributed by atoms with van der Waals surface area (Å²) in [5.41, 5.74) is 1.97. The summed E-state index contributed by atoms with van der Waals surface area (Å²) in [6, 6.07) is 12.0. The normalized spacial score (nSPS) is 10.7. The van der Waals surface area contributed by atoms with Gasteiger partial charge in [-0.3, -0.25) is 0 Å². The Morgan fingerprint density at radius 1 is 1.00 bits per heavy atom. The van der Waals surface area contributed by atoms with Crippen molar-refractivity contribution in [2.45, 2.75) is 19.9 Å². The van der Waals surface area contributed by atoms with Crippen LogP contribution in [0.25, 0.3) is 5.69 Å². The lowest BCUT2D eigenvalue weighted by Gasteiger charge is -2.05. The van der Waals surface area contributed by atoms with Crippen molar-refractivity contribution in [1.29, 1.82) is 0 Å². The van der Waals surface area contributed by atoms with Crippen LogP contribution in [0.1, 0.15) is 18.4 Å². The van der Waals surface area contributed by atoms with Crippen LogP contribution in [0.2, 0.25) is 0 Å². The van der Waals surface area contributed by atoms with E-state index in [1.807, 2.05) is 36.4 Å². The van der Waals surface area contributed by atoms with Crippen LogP contribution in [-0.2, 0) is 13.0 Å². The van der Waals surface area contributed by atoms with Crippen LogP contribution in [0.4, 0.5) is 5.69 Å². The van der Waals surface area contributed by atoms with E-state index in [-0.39, 0.29) is 0 Å². The van der Waals surface area contributed by atoms with Gasteiger partial charge in [0.05, 0.1) is 24.6 Å². The molecular weight excluding hydrogens is 252 g/mol. The van der Waals surface area contributed by atoms with Crippen LogP contribution in [0, 0.1) is 0 Å². The lowest BCUT2D eigenvalue weighted by atomic mass is 10.3. The number of nitrogens with one attached hydrogen (secondary N) is 1. The number of hydrogen-bond donors (Lipinski definition) is 1. The summed E-state index contributed by atoms with van der Waals surface area (Å²) in [5, 5.41) is 11.5. The molecule has 0 atom stereocenters. The number of anilines is 1. The summed E-state index contributed by atoms with van der Waals surface area (Å²) in [5.74, 6) is 1.96. The lowest BCUT2D eigenvalue weighted by molar-refractivity contribution is 0.476. The number of rotatable bonds is 5. The zero-order valence-electron chi connectivity index (χ0n) is 11.3. The Hall–Kier alpha value is -2.56. The van der Waals surface area contributed by atoms with Crippen molar-refractivity contribution in [3.63, 3.8) is 0 Å². The molecule has 0 spiro atoms. The average Bonchev–Trinajstić information content (AvgIpc) is 3.17. The van der Waals surface area contributed by atoms with Gasteiger partial charge in [-0.05, 0) is 36.4 Å². The average molecular weight is 268 g/mol. The van der Waals surface area contributed by atoms with E-state index in [2.05, 4.69) is 22.4 Å². The monoisotopic (exact) mass is 268 g/mol. The fourth-order valence-electron chi connectivity index (χ4n) is 1.96. The third-order valence-corrected chi connectivity index (χ3v) is 3.05. The highest BCUT2D eigenvalue weighted by atomic mass is 16.3. The molecule has 0 fully saturated rings. The van der Waals surface area contributed by atoms with E-state index in [0.29, 0.717) is 6.54 Å². The quantitative estimate of drug-likeness (QED) is 0.772. The van der Waals surface area contributed by atoms with Crippen LogP contribution < -0.4 is 5.32 Å². The molecule has 102 valence electrons. The van der Waals surface area contributed by atoms with Gasteiger partial charge in [-0.2, -0.15) is 15.0 Å². The Morgan fingerprint density at radius 2 is 1.70 bits per heavy atom. The fraction of sp³-hybridized carbons (Fsp3) is 0.200. The van der Waals surface area contributed by atoms with Gasteiger partial charge in [0.25, 0.3) is 0 Å². The SMILES string of the molecule is CCc1ccc(CNc2ccc(-n3nccn3)cc2)o1. The van der Waals surface area contributed by atoms with E-state index in [9.17, 15) is 0 Å². The van der Waals surface area contributed by atoms with Gasteiger partial charge in [-0.25, -0.2) is 0 Å². The first-order valence-corrected chi connectivity index (χ1v) is 6.63. The first kappa shape index (κ1) is 12.5. The van der Waals surface area contributed by atoms with Crippen LogP contribution in [0.3, 0.4) is 0 Å². The van der Waals surface area contributed by atoms with Crippen LogP contribution in [0.15, 0.2) is 53.2 Å². The van der Waals surface area contributed by atoms with Gasteiger partial charge in [0.15, 0.2) is 0 Å². The highest BCUT2D eigenvalue weighted by molar-refractivity contribution is 5.48. The molecule has 2 aromatic heterocycles. The second-order valence-corrected chi connectivity index (χ2v) is 4.44. The van der Waals surface area contributed by atoms with E-state index < -0.39 is 0 Å². The Morgan fingerprint density at radius 3 is 2.35 bits per heavy atom. The molecular formula is C15H16N4O. The highest BCUT2D eigenvalue weighted by Gasteiger charge is 2.01. The smallest absolute Gasteiger partial charge is 0.123 e. The maximum atomic E-state index is 5.65. The van der Waals surface area contributed by atoms with Gasteiger partial charge in [-0.1, -0.05) is 6.92 Å². The van der Waals surface area contributed by atoms with Crippen molar-refractivity contribution in [3.8, 4) is 5.69 Å². The molecule has 1 N–H and O–H groups in total. The molecule has 2 heterocycles. The van der Waals surface area contributed by atoms with Crippen molar-refractivity contribution in [2.24, 2.45) is 0 Å². The molecule has 0 radical (unpaired) electrons. The lowest BCUT2D eigenvalue weighted by Crippen LogP contribution is -2.00. The molecule has 3 aromatic rings. The number of aromatic nitrogens is 3. The minimum atomic E-state index is 0.680. The Bertz CT molecular complexity index is 656. The Labute approximate surface area is 117 Å². The standard InChI is InChI=1S/C15H16N4O/c1-2-14-7-8-15(20-14)11-16-12-3-5-13(6-4-12)19-17-9-10-18-19/h3-10,16H,2,11H2,1H3. The number of aryl methyl sites for hydroxylation is 1. The third kappa shape index (κ3) is 2.71. The molecule has 0 aliphatic carbocycles. The van der Waals surface area contributed by atoms with E-state index in [1.54, 1.807) is 17.2 Å². The predicted molar refractivity (Wildman–Crippen MR) is 76.8 cm³/mol. The van der Waals surface area contributed by atoms with Crippen LogP contribution in [0.5, 0.6) is 0 Å². The molecule has 0 saturated heterocycles. The molecule has 5 heteroatoms. The molecule has 0 aliphatic heterocycles. The zero-order chi connectivity index (χ0) is 13.8. The van der Waals surface area contributed by atoms with Crippen molar-refractivity contribution >= 4 is 5.69 Å². The summed E-state index contributed by atoms with van der Waals surface area (Å²) < 4.78 is 5.65. The number of hydrogen-bond acceptors (Lipinski definition) is 4. The second kappa shape index (κ2) is 5.61. The third-order valence-electron chi connectivity index (χ3n) is 3.05. The van der Waals surface area contributed by atoms with Gasteiger partial charge >= 0.3 is 0 Å². The Kier molecular flexibility index (Phi) is 3.50. The molecule has 0 aliphatic rings. The van der Waals surface area contributed by atoms with Gasteiger partial charge < -0.3 is 9.73 Å². The van der Waals surface area contributed by atoms with Gasteiger partial charge in [0.2, 0.25) is 0 Å². The fourth-order valence-corrected chi connectivity index (χ4v) is 1.96. The number of furan rings is 1. The second-order valence-electron chi connectivity index (χ2n) is 4.44. The number of benzene rings is 1. The van der Waals surface area contributed by atoms with Gasteiger partial charge in [0.1, 0.15) is 11.5 Å². The summed E-state index contributed by atoms with van der Waals surface area (Å²) in [4.78, 5) is 1.59. The molecule has 5 nitrogen and oxygen atoms in total. The molecule has 0 amide bonds. The van der Waals surface area contributed by atoms with E-state index in [4.69, 9.17) is 4.42 Å². The molecule has 20 heavy (non-hydrogen) atoms. The van der Waals surface area contributed by atoms with Crippen molar-refractivity contribution in [1.82, 2.24) is 15.0 Å². The summed E-state index contributed by atoms with van der Waals surface area (Å²) in [6.45, 7) is 2.76. The first-order chi connectivity index (χ1) is 9.85. The zero-order valence-corrected chi connectivity index (χ0v) is 11.3. The predicted octanol–water partition coefficient (Wildman–Crippen LogP) is 3.03. The Balaban J connectivity index is 1.63. The minimum Gasteiger partial charge on any atom is -0.464 e. The maximum absolute atomic E-state index is 5.65. The molecule has 0 bridgehead atoms. The molecule has 1 aromatic carbocycles. The van der Waals surface area contributed by atoms with Crippen LogP contribution >= 0.6 is 0 Å². The highest BCUT2D eigenvalue weighted by Crippen LogP contribution is 2.14. The van der Waals surface area contributed by atoms with Gasteiger partial charge in [0, 0.05) is 12.1 Å². The van der Waals surface area contributed by atoms with Crippen molar-refractivity contribution in [2.75, 3.05) is 5.32 Å². The largest absolute Gasteiger partial charge is 0.464 e. The van der Waals surface area contributed by atoms with Gasteiger partial charge in [-0.15, -0.1) is 0 Å². The molecule has 3 rings (SSSR count). The first-order valence-electron chi connectivity index (χ1n) is 6.63. The van der Waals surface area contributed by atoms with E-state index in [1.165, 1.54) is 0 Å². The van der Waals surface area contributed by atoms with Crippen molar-refractivity contribution < 1.29 is 4.42 Å². The maximum Gasteiger partial charge on any atom is 0.123 e. The van der Waals surface area contributed by atoms with E-state index >= 15 is 0 Å². The summed E-state index contributed by atoms with van der Waals surface area (Å²) in [7, 11) is 0. The number of nitrogens with zero attached hydrogens (tertiary/aromatic N) is 3.